The minimum absolute atomic E-state index is 0. The highest BCUT2D eigenvalue weighted by atomic mass is 127. The summed E-state index contributed by atoms with van der Waals surface area (Å²) < 4.78 is 0. The van der Waals surface area contributed by atoms with Gasteiger partial charge in [0.15, 0.2) is 5.96 Å². The summed E-state index contributed by atoms with van der Waals surface area (Å²) in [6.45, 7) is 15.8. The van der Waals surface area contributed by atoms with Crippen LogP contribution >= 0.6 is 24.0 Å². The molecule has 2 heterocycles. The van der Waals surface area contributed by atoms with Gasteiger partial charge in [0.1, 0.15) is 0 Å². The van der Waals surface area contributed by atoms with Crippen LogP contribution in [0.4, 0.5) is 0 Å². The molecule has 0 aromatic heterocycles. The molecule has 25 heavy (non-hydrogen) atoms. The molecule has 0 amide bonds. The molecule has 0 aromatic carbocycles. The number of hydrogen-bond donors (Lipinski definition) is 2. The lowest BCUT2D eigenvalue weighted by Crippen LogP contribution is -2.45. The number of piperidine rings is 1. The van der Waals surface area contributed by atoms with Gasteiger partial charge in [0, 0.05) is 25.7 Å². The summed E-state index contributed by atoms with van der Waals surface area (Å²) in [6, 6.07) is 0.677. The Morgan fingerprint density at radius 3 is 2.44 bits per heavy atom. The van der Waals surface area contributed by atoms with Gasteiger partial charge < -0.3 is 15.5 Å². The van der Waals surface area contributed by atoms with Gasteiger partial charge in [0.25, 0.3) is 0 Å². The highest BCUT2D eigenvalue weighted by Crippen LogP contribution is 2.18. The summed E-state index contributed by atoms with van der Waals surface area (Å²) in [5.41, 5.74) is 0. The minimum Gasteiger partial charge on any atom is -0.357 e. The van der Waals surface area contributed by atoms with Gasteiger partial charge in [-0.25, -0.2) is 0 Å². The van der Waals surface area contributed by atoms with Gasteiger partial charge >= 0.3 is 0 Å². The summed E-state index contributed by atoms with van der Waals surface area (Å²) in [4.78, 5) is 10.1. The third kappa shape index (κ3) is 7.99. The molecule has 0 saturated carbocycles. The van der Waals surface area contributed by atoms with Crippen LogP contribution in [0.1, 0.15) is 52.9 Å². The molecule has 5 nitrogen and oxygen atoms in total. The van der Waals surface area contributed by atoms with Crippen LogP contribution in [0.5, 0.6) is 0 Å². The largest absolute Gasteiger partial charge is 0.357 e. The van der Waals surface area contributed by atoms with Crippen LogP contribution in [0.15, 0.2) is 4.99 Å². The van der Waals surface area contributed by atoms with Crippen molar-refractivity contribution in [1.29, 1.82) is 0 Å². The molecular formula is C19H40IN5. The van der Waals surface area contributed by atoms with E-state index in [2.05, 4.69) is 41.2 Å². The Kier molecular flexibility index (Phi) is 12.1. The fourth-order valence-corrected chi connectivity index (χ4v) is 4.03. The molecule has 2 aliphatic rings. The average Bonchev–Trinajstić information content (AvgIpc) is 3.06. The van der Waals surface area contributed by atoms with Crippen LogP contribution in [0, 0.1) is 5.92 Å². The quantitative estimate of drug-likeness (QED) is 0.329. The fourth-order valence-electron chi connectivity index (χ4n) is 4.03. The highest BCUT2D eigenvalue weighted by Gasteiger charge is 2.23. The third-order valence-electron chi connectivity index (χ3n) is 5.51. The molecule has 1 atom stereocenters. The number of aliphatic imine (C=N–C) groups is 1. The van der Waals surface area contributed by atoms with Crippen LogP contribution in [-0.2, 0) is 0 Å². The maximum absolute atomic E-state index is 4.88. The van der Waals surface area contributed by atoms with Crippen LogP contribution in [-0.4, -0.2) is 74.2 Å². The fraction of sp³-hybridized carbons (Fsp3) is 0.947. The molecule has 0 bridgehead atoms. The summed E-state index contributed by atoms with van der Waals surface area (Å²) in [5.74, 6) is 1.77. The van der Waals surface area contributed by atoms with Crippen molar-refractivity contribution >= 4 is 29.9 Å². The molecule has 2 aliphatic heterocycles. The number of nitrogens with one attached hydrogen (secondary N) is 2. The highest BCUT2D eigenvalue weighted by molar-refractivity contribution is 14.0. The monoisotopic (exact) mass is 465 g/mol. The standard InChI is InChI=1S/C19H39N5.HI/c1-4-11-23-13-9-17(10-14-23)15-21-19(20-5-2)22-16-18-8-7-12-24(18)6-3;/h17-18H,4-16H2,1-3H3,(H2,20,21,22);1H. The van der Waals surface area contributed by atoms with Crippen LogP contribution in [0.3, 0.4) is 0 Å². The first-order valence-corrected chi connectivity index (χ1v) is 10.2. The van der Waals surface area contributed by atoms with Gasteiger partial charge in [-0.15, -0.1) is 24.0 Å². The van der Waals surface area contributed by atoms with E-state index in [1.54, 1.807) is 0 Å². The predicted octanol–water partition coefficient (Wildman–Crippen LogP) is 2.77. The number of hydrogen-bond acceptors (Lipinski definition) is 3. The molecule has 2 saturated heterocycles. The van der Waals surface area contributed by atoms with Gasteiger partial charge in [-0.2, -0.15) is 0 Å². The lowest BCUT2D eigenvalue weighted by molar-refractivity contribution is 0.188. The van der Waals surface area contributed by atoms with E-state index in [1.807, 2.05) is 0 Å². The second-order valence-corrected chi connectivity index (χ2v) is 7.31. The van der Waals surface area contributed by atoms with Crippen molar-refractivity contribution in [1.82, 2.24) is 20.4 Å². The molecule has 0 aromatic rings. The molecular weight excluding hydrogens is 425 g/mol. The van der Waals surface area contributed by atoms with Crippen molar-refractivity contribution in [2.24, 2.45) is 10.9 Å². The van der Waals surface area contributed by atoms with E-state index >= 15 is 0 Å². The Balaban J connectivity index is 0.00000312. The summed E-state index contributed by atoms with van der Waals surface area (Å²) in [7, 11) is 0. The molecule has 2 rings (SSSR count). The topological polar surface area (TPSA) is 42.9 Å². The summed E-state index contributed by atoms with van der Waals surface area (Å²) >= 11 is 0. The first kappa shape index (κ1) is 23.0. The first-order chi connectivity index (χ1) is 11.8. The molecule has 2 fully saturated rings. The summed E-state index contributed by atoms with van der Waals surface area (Å²) in [5, 5.41) is 7.00. The molecule has 2 N–H and O–H groups in total. The second kappa shape index (κ2) is 13.1. The van der Waals surface area contributed by atoms with Crippen molar-refractivity contribution in [3.63, 3.8) is 0 Å². The van der Waals surface area contributed by atoms with Gasteiger partial charge in [0.2, 0.25) is 0 Å². The van der Waals surface area contributed by atoms with Crippen molar-refractivity contribution in [2.75, 3.05) is 52.4 Å². The maximum atomic E-state index is 4.88. The zero-order chi connectivity index (χ0) is 17.2. The Morgan fingerprint density at radius 1 is 1.04 bits per heavy atom. The zero-order valence-electron chi connectivity index (χ0n) is 16.6. The lowest BCUT2D eigenvalue weighted by Gasteiger charge is -2.31. The van der Waals surface area contributed by atoms with Crippen LogP contribution in [0.25, 0.3) is 0 Å². The third-order valence-corrected chi connectivity index (χ3v) is 5.51. The van der Waals surface area contributed by atoms with E-state index in [1.165, 1.54) is 58.3 Å². The Morgan fingerprint density at radius 2 is 1.80 bits per heavy atom. The van der Waals surface area contributed by atoms with E-state index in [9.17, 15) is 0 Å². The number of guanidine groups is 1. The van der Waals surface area contributed by atoms with Gasteiger partial charge in [-0.1, -0.05) is 13.8 Å². The Labute approximate surface area is 172 Å². The zero-order valence-corrected chi connectivity index (χ0v) is 18.9. The number of halogens is 1. The number of nitrogens with zero attached hydrogens (tertiary/aromatic N) is 3. The minimum atomic E-state index is 0. The molecule has 6 heteroatoms. The van der Waals surface area contributed by atoms with E-state index in [0.717, 1.165) is 38.1 Å². The summed E-state index contributed by atoms with van der Waals surface area (Å²) in [6.07, 6.45) is 6.53. The smallest absolute Gasteiger partial charge is 0.191 e. The van der Waals surface area contributed by atoms with Crippen molar-refractivity contribution < 1.29 is 0 Å². The van der Waals surface area contributed by atoms with Crippen molar-refractivity contribution in [2.45, 2.75) is 58.9 Å². The van der Waals surface area contributed by atoms with Gasteiger partial charge in [-0.3, -0.25) is 9.89 Å². The van der Waals surface area contributed by atoms with E-state index in [-0.39, 0.29) is 24.0 Å². The number of likely N-dealkylation sites (N-methyl/N-ethyl adjacent to an activating group) is 1. The van der Waals surface area contributed by atoms with Crippen LogP contribution < -0.4 is 10.6 Å². The van der Waals surface area contributed by atoms with E-state index in [4.69, 9.17) is 4.99 Å². The van der Waals surface area contributed by atoms with Gasteiger partial charge in [0.05, 0.1) is 0 Å². The molecule has 0 spiro atoms. The Hall–Kier alpha value is -0.0800. The number of likely N-dealkylation sites (tertiary alicyclic amines) is 2. The molecule has 148 valence electrons. The van der Waals surface area contributed by atoms with Crippen LogP contribution in [0.2, 0.25) is 0 Å². The Bertz CT molecular complexity index is 369. The van der Waals surface area contributed by atoms with E-state index < -0.39 is 0 Å². The second-order valence-electron chi connectivity index (χ2n) is 7.31. The SMILES string of the molecule is CCCN1CCC(CN=C(NCC)NCC2CCCN2CC)CC1.I. The molecule has 1 unspecified atom stereocenters. The average molecular weight is 465 g/mol. The van der Waals surface area contributed by atoms with E-state index in [0.29, 0.717) is 6.04 Å². The first-order valence-electron chi connectivity index (χ1n) is 10.2. The predicted molar refractivity (Wildman–Crippen MR) is 119 cm³/mol. The molecule has 0 radical (unpaired) electrons. The normalized spacial score (nSPS) is 23.5. The number of rotatable bonds is 8. The lowest BCUT2D eigenvalue weighted by atomic mass is 9.97. The maximum Gasteiger partial charge on any atom is 0.191 e. The molecule has 0 aliphatic carbocycles. The van der Waals surface area contributed by atoms with Crippen molar-refractivity contribution in [3.8, 4) is 0 Å². The van der Waals surface area contributed by atoms with Gasteiger partial charge in [-0.05, 0) is 77.7 Å². The van der Waals surface area contributed by atoms with Crippen molar-refractivity contribution in [3.05, 3.63) is 0 Å².